The number of carbonyl (C=O) groups is 2. The average molecular weight is 346 g/mol. The van der Waals surface area contributed by atoms with Crippen molar-refractivity contribution in [3.8, 4) is 0 Å². The molecule has 5 nitrogen and oxygen atoms in total. The lowest BCUT2D eigenvalue weighted by Gasteiger charge is -2.09. The number of nitrogens with one attached hydrogen (secondary N) is 1. The predicted octanol–water partition coefficient (Wildman–Crippen LogP) is 3.99. The molecular formula is C13H7Cl3N2O3. The van der Waals surface area contributed by atoms with E-state index in [0.29, 0.717) is 5.02 Å². The Hall–Kier alpha value is -1.82. The summed E-state index contributed by atoms with van der Waals surface area (Å²) in [6, 6.07) is 5.39. The number of carboxylic acid groups (broad SMARTS) is 1. The minimum Gasteiger partial charge on any atom is -0.478 e. The monoisotopic (exact) mass is 344 g/mol. The summed E-state index contributed by atoms with van der Waals surface area (Å²) < 4.78 is 0. The quantitative estimate of drug-likeness (QED) is 0.824. The highest BCUT2D eigenvalue weighted by Crippen LogP contribution is 2.23. The lowest BCUT2D eigenvalue weighted by atomic mass is 10.1. The third-order valence-electron chi connectivity index (χ3n) is 2.52. The normalized spacial score (nSPS) is 10.2. The molecule has 0 fully saturated rings. The second-order valence-corrected chi connectivity index (χ2v) is 5.15. The molecule has 2 aromatic rings. The maximum absolute atomic E-state index is 12.1. The molecule has 1 aromatic heterocycles. The molecule has 1 amide bonds. The molecule has 2 rings (SSSR count). The van der Waals surface area contributed by atoms with Crippen molar-refractivity contribution >= 4 is 52.4 Å². The summed E-state index contributed by atoms with van der Waals surface area (Å²) in [6.07, 6.45) is 1.23. The largest absolute Gasteiger partial charge is 0.478 e. The fourth-order valence-electron chi connectivity index (χ4n) is 1.55. The second kappa shape index (κ2) is 6.30. The first-order valence-corrected chi connectivity index (χ1v) is 6.67. The van der Waals surface area contributed by atoms with Crippen LogP contribution in [0.4, 0.5) is 5.69 Å². The smallest absolute Gasteiger partial charge is 0.337 e. The highest BCUT2D eigenvalue weighted by molar-refractivity contribution is 6.41. The van der Waals surface area contributed by atoms with Gasteiger partial charge in [0.05, 0.1) is 21.8 Å². The summed E-state index contributed by atoms with van der Waals surface area (Å²) in [7, 11) is 0. The molecular weight excluding hydrogens is 339 g/mol. The van der Waals surface area contributed by atoms with E-state index < -0.39 is 11.9 Å². The van der Waals surface area contributed by atoms with Crippen LogP contribution < -0.4 is 5.32 Å². The van der Waals surface area contributed by atoms with Crippen molar-refractivity contribution in [3.05, 3.63) is 56.8 Å². The van der Waals surface area contributed by atoms with E-state index in [1.165, 1.54) is 30.5 Å². The summed E-state index contributed by atoms with van der Waals surface area (Å²) in [4.78, 5) is 26.9. The summed E-state index contributed by atoms with van der Waals surface area (Å²) in [6.45, 7) is 0. The highest BCUT2D eigenvalue weighted by Gasteiger charge is 2.15. The molecule has 0 spiro atoms. The molecule has 0 saturated carbocycles. The van der Waals surface area contributed by atoms with Gasteiger partial charge in [0.2, 0.25) is 0 Å². The summed E-state index contributed by atoms with van der Waals surface area (Å²) in [5.41, 5.74) is 0.132. The number of aromatic nitrogens is 1. The van der Waals surface area contributed by atoms with Gasteiger partial charge < -0.3 is 10.4 Å². The zero-order valence-corrected chi connectivity index (χ0v) is 12.5. The first kappa shape index (κ1) is 15.6. The van der Waals surface area contributed by atoms with Crippen LogP contribution in [-0.2, 0) is 0 Å². The van der Waals surface area contributed by atoms with Gasteiger partial charge in [0.25, 0.3) is 5.91 Å². The van der Waals surface area contributed by atoms with Gasteiger partial charge >= 0.3 is 5.97 Å². The molecule has 21 heavy (non-hydrogen) atoms. The van der Waals surface area contributed by atoms with Crippen LogP contribution in [-0.4, -0.2) is 22.0 Å². The second-order valence-electron chi connectivity index (χ2n) is 3.95. The highest BCUT2D eigenvalue weighted by atomic mass is 35.5. The molecule has 1 heterocycles. The Kier molecular flexibility index (Phi) is 4.67. The van der Waals surface area contributed by atoms with Gasteiger partial charge in [0, 0.05) is 11.2 Å². The number of aromatic carboxylic acids is 1. The molecule has 0 aliphatic rings. The van der Waals surface area contributed by atoms with Crippen molar-refractivity contribution in [2.45, 2.75) is 0 Å². The van der Waals surface area contributed by atoms with Crippen LogP contribution in [0.2, 0.25) is 15.2 Å². The summed E-state index contributed by atoms with van der Waals surface area (Å²) in [5.74, 6) is -1.76. The predicted molar refractivity (Wildman–Crippen MR) is 80.6 cm³/mol. The molecule has 2 N–H and O–H groups in total. The van der Waals surface area contributed by atoms with E-state index in [1.54, 1.807) is 0 Å². The number of benzene rings is 1. The van der Waals surface area contributed by atoms with E-state index in [0.717, 1.165) is 0 Å². The van der Waals surface area contributed by atoms with Gasteiger partial charge in [-0.1, -0.05) is 34.8 Å². The number of carboxylic acids is 1. The molecule has 0 saturated heterocycles. The van der Waals surface area contributed by atoms with Gasteiger partial charge in [0.15, 0.2) is 0 Å². The maximum Gasteiger partial charge on any atom is 0.337 e. The number of amides is 1. The summed E-state index contributed by atoms with van der Waals surface area (Å²) in [5, 5.41) is 12.0. The topological polar surface area (TPSA) is 79.3 Å². The zero-order chi connectivity index (χ0) is 15.6. The Morgan fingerprint density at radius 2 is 1.86 bits per heavy atom. The van der Waals surface area contributed by atoms with Crippen LogP contribution in [0.15, 0.2) is 30.5 Å². The average Bonchev–Trinajstić information content (AvgIpc) is 2.41. The molecule has 0 unspecified atom stereocenters. The number of anilines is 1. The van der Waals surface area contributed by atoms with E-state index >= 15 is 0 Å². The maximum atomic E-state index is 12.1. The van der Waals surface area contributed by atoms with Crippen molar-refractivity contribution in [1.29, 1.82) is 0 Å². The number of carbonyl (C=O) groups excluding carboxylic acids is 1. The zero-order valence-electron chi connectivity index (χ0n) is 10.2. The molecule has 0 aliphatic heterocycles. The minimum absolute atomic E-state index is 0.0715. The Morgan fingerprint density at radius 3 is 2.48 bits per heavy atom. The molecule has 108 valence electrons. The third-order valence-corrected chi connectivity index (χ3v) is 3.44. The number of hydrogen-bond donors (Lipinski definition) is 2. The Morgan fingerprint density at radius 1 is 1.14 bits per heavy atom. The minimum atomic E-state index is -1.19. The van der Waals surface area contributed by atoms with E-state index in [2.05, 4.69) is 10.3 Å². The van der Waals surface area contributed by atoms with Crippen molar-refractivity contribution in [2.75, 3.05) is 5.32 Å². The van der Waals surface area contributed by atoms with E-state index in [-0.39, 0.29) is 27.0 Å². The van der Waals surface area contributed by atoms with Crippen LogP contribution in [0, 0.1) is 0 Å². The molecule has 0 atom stereocenters. The number of hydrogen-bond acceptors (Lipinski definition) is 3. The van der Waals surface area contributed by atoms with Crippen molar-refractivity contribution < 1.29 is 14.7 Å². The van der Waals surface area contributed by atoms with Crippen LogP contribution in [0.25, 0.3) is 0 Å². The fraction of sp³-hybridized carbons (Fsp3) is 0. The van der Waals surface area contributed by atoms with E-state index in [1.807, 2.05) is 0 Å². The number of nitrogens with zero attached hydrogens (tertiary/aromatic N) is 1. The molecule has 1 aromatic carbocycles. The third kappa shape index (κ3) is 3.64. The Bertz CT molecular complexity index is 735. The van der Waals surface area contributed by atoms with Gasteiger partial charge in [-0.2, -0.15) is 0 Å². The lowest BCUT2D eigenvalue weighted by Crippen LogP contribution is -2.15. The van der Waals surface area contributed by atoms with Crippen LogP contribution in [0.1, 0.15) is 20.7 Å². The van der Waals surface area contributed by atoms with Gasteiger partial charge in [-0.05, 0) is 24.3 Å². The van der Waals surface area contributed by atoms with Crippen molar-refractivity contribution in [2.24, 2.45) is 0 Å². The summed E-state index contributed by atoms with van der Waals surface area (Å²) >= 11 is 17.2. The van der Waals surface area contributed by atoms with E-state index in [9.17, 15) is 9.59 Å². The van der Waals surface area contributed by atoms with Gasteiger partial charge in [-0.15, -0.1) is 0 Å². The molecule has 8 heteroatoms. The Balaban J connectivity index is 2.33. The number of halogens is 3. The van der Waals surface area contributed by atoms with Gasteiger partial charge in [0.1, 0.15) is 5.15 Å². The van der Waals surface area contributed by atoms with E-state index in [4.69, 9.17) is 39.9 Å². The molecule has 0 aliphatic carbocycles. The SMILES string of the molecule is O=C(Nc1cc(Cl)ccc1C(=O)O)c1cnc(Cl)c(Cl)c1. The van der Waals surface area contributed by atoms with Crippen LogP contribution in [0.3, 0.4) is 0 Å². The molecule has 0 bridgehead atoms. The fourth-order valence-corrected chi connectivity index (χ4v) is 1.99. The van der Waals surface area contributed by atoms with Gasteiger partial charge in [-0.3, -0.25) is 4.79 Å². The van der Waals surface area contributed by atoms with Crippen LogP contribution in [0.5, 0.6) is 0 Å². The van der Waals surface area contributed by atoms with Crippen molar-refractivity contribution in [1.82, 2.24) is 4.98 Å². The van der Waals surface area contributed by atoms with Crippen molar-refractivity contribution in [3.63, 3.8) is 0 Å². The number of pyridine rings is 1. The van der Waals surface area contributed by atoms with Gasteiger partial charge in [-0.25, -0.2) is 9.78 Å². The Labute approximate surface area is 134 Å². The standard InChI is InChI=1S/C13H7Cl3N2O3/c14-7-1-2-8(13(20)21)10(4-7)18-12(19)6-3-9(15)11(16)17-5-6/h1-5H,(H,18,19)(H,20,21). The lowest BCUT2D eigenvalue weighted by molar-refractivity contribution is 0.0698. The first-order valence-electron chi connectivity index (χ1n) is 5.53. The van der Waals surface area contributed by atoms with Crippen LogP contribution >= 0.6 is 34.8 Å². The first-order chi connectivity index (χ1) is 9.88. The molecule has 0 radical (unpaired) electrons. The number of rotatable bonds is 3.